The average molecular weight is 1060 g/mol. The van der Waals surface area contributed by atoms with Crippen molar-refractivity contribution in [2.24, 2.45) is 11.8 Å². The van der Waals surface area contributed by atoms with Crippen molar-refractivity contribution >= 4 is 30.5 Å². The number of unbranched alkanes of at least 4 members (excludes halogenated alkanes) is 9. The fourth-order valence-electron chi connectivity index (χ4n) is 5.26. The second-order valence-electron chi connectivity index (χ2n) is 17.0. The highest BCUT2D eigenvalue weighted by Crippen LogP contribution is 2.14. The number of carbonyl (C=O) groups is 5. The molecule has 0 aromatic carbocycles. The standard InChI is InChI=1S/C13H27NO3.C12H25NO4.C11H23NO3.C8H17NO4.C7H15NO3/c1-3-5-8-12(4-2)11-17-13(16)14-9-6-7-10-15;1-3-5-6-10(4-2)9-17-12(16)13-7-11(15)8-14;1-2-3-10-15-11(14)12-8-6-4-5-7-9-13;1-2-3-4-13-8(12)9-5-7(11)6-10;1-2-3-6-11-7(10)8-4-5-9/h12,15H,3-11H2,1-2H3,(H,14,16);10-11,14-15H,3-9H2,1-2H3,(H,13,16);13H,2-10H2,1H3,(H,12,14);7,10-11H,2-6H2,1H3,(H,9,12);9H,2-6H2,1H3,(H,8,10). The summed E-state index contributed by atoms with van der Waals surface area (Å²) in [4.78, 5) is 55.0. The molecule has 0 bridgehead atoms. The molecule has 0 spiro atoms. The SMILES string of the molecule is CCCCC(CC)COC(=O)NCC(O)CO.CCCCC(CC)COC(=O)NCCCCO.CCCCOC(=O)NCC(O)CO.CCCCOC(=O)NCCCCCCO.CCCCOC(=O)NCCO. The predicted molar refractivity (Wildman–Crippen MR) is 283 cm³/mol. The molecule has 22 nitrogen and oxygen atoms in total. The number of aliphatic hydroxyl groups excluding tert-OH is 7. The molecule has 22 heteroatoms. The van der Waals surface area contributed by atoms with E-state index in [2.05, 4.69) is 61.2 Å². The first-order valence-corrected chi connectivity index (χ1v) is 27.1. The first-order chi connectivity index (χ1) is 35.2. The van der Waals surface area contributed by atoms with Gasteiger partial charge in [0.1, 0.15) is 0 Å². The molecule has 0 heterocycles. The number of amides is 5. The Morgan fingerprint density at radius 3 is 1.03 bits per heavy atom. The molecule has 0 aliphatic carbocycles. The van der Waals surface area contributed by atoms with Crippen LogP contribution in [0.4, 0.5) is 24.0 Å². The molecule has 0 saturated heterocycles. The smallest absolute Gasteiger partial charge is 0.407 e. The molecule has 12 N–H and O–H groups in total. The van der Waals surface area contributed by atoms with E-state index in [4.69, 9.17) is 59.4 Å². The van der Waals surface area contributed by atoms with E-state index in [9.17, 15) is 24.0 Å². The normalized spacial score (nSPS) is 11.8. The van der Waals surface area contributed by atoms with Crippen LogP contribution in [-0.2, 0) is 23.7 Å². The van der Waals surface area contributed by atoms with Gasteiger partial charge in [-0.1, -0.05) is 119 Å². The van der Waals surface area contributed by atoms with Gasteiger partial charge in [0, 0.05) is 45.9 Å². The second kappa shape index (κ2) is 66.1. The minimum Gasteiger partial charge on any atom is -0.450 e. The molecular weight excluding hydrogens is 955 g/mol. The van der Waals surface area contributed by atoms with Gasteiger partial charge < -0.3 is 86.0 Å². The van der Waals surface area contributed by atoms with Crippen molar-refractivity contribution in [2.75, 3.05) is 98.8 Å². The topological polar surface area (TPSA) is 333 Å². The summed E-state index contributed by atoms with van der Waals surface area (Å²) in [6, 6.07) is 0. The minimum absolute atomic E-state index is 0.0150. The van der Waals surface area contributed by atoms with Crippen LogP contribution in [0.25, 0.3) is 0 Å². The Morgan fingerprint density at radius 1 is 0.370 bits per heavy atom. The van der Waals surface area contributed by atoms with Crippen LogP contribution < -0.4 is 26.6 Å². The summed E-state index contributed by atoms with van der Waals surface area (Å²) < 4.78 is 24.6. The fourth-order valence-corrected chi connectivity index (χ4v) is 5.26. The molecular formula is C51H107N5O17. The lowest BCUT2D eigenvalue weighted by Crippen LogP contribution is -2.35. The molecule has 0 aromatic rings. The number of carbonyl (C=O) groups excluding carboxylic acids is 5. The average Bonchev–Trinajstić information content (AvgIpc) is 3.39. The quantitative estimate of drug-likeness (QED) is 0.0233. The lowest BCUT2D eigenvalue weighted by molar-refractivity contribution is 0.0848. The van der Waals surface area contributed by atoms with Gasteiger partial charge in [-0.2, -0.15) is 0 Å². The molecule has 0 rings (SSSR count). The monoisotopic (exact) mass is 1060 g/mol. The van der Waals surface area contributed by atoms with E-state index in [0.717, 1.165) is 109 Å². The predicted octanol–water partition coefficient (Wildman–Crippen LogP) is 6.42. The minimum atomic E-state index is -0.926. The third kappa shape index (κ3) is 70.2. The van der Waals surface area contributed by atoms with Crippen LogP contribution in [0.1, 0.15) is 177 Å². The van der Waals surface area contributed by atoms with E-state index in [1.165, 1.54) is 12.8 Å². The molecule has 0 aliphatic rings. The van der Waals surface area contributed by atoms with Crippen molar-refractivity contribution in [1.82, 2.24) is 26.6 Å². The highest BCUT2D eigenvalue weighted by atomic mass is 16.6. The molecule has 73 heavy (non-hydrogen) atoms. The van der Waals surface area contributed by atoms with E-state index in [-0.39, 0.29) is 64.9 Å². The van der Waals surface area contributed by atoms with Crippen LogP contribution in [0, 0.1) is 11.8 Å². The Bertz CT molecular complexity index is 1180. The highest BCUT2D eigenvalue weighted by Gasteiger charge is 2.12. The zero-order valence-electron chi connectivity index (χ0n) is 46.3. The number of hydrogen-bond acceptors (Lipinski definition) is 17. The molecule has 0 fully saturated rings. The molecule has 4 atom stereocenters. The molecule has 0 saturated carbocycles. The summed E-state index contributed by atoms with van der Waals surface area (Å²) in [5, 5.41) is 72.8. The van der Waals surface area contributed by atoms with Gasteiger partial charge in [0.05, 0.1) is 65.1 Å². The van der Waals surface area contributed by atoms with Crippen LogP contribution in [0.15, 0.2) is 0 Å². The van der Waals surface area contributed by atoms with Crippen molar-refractivity contribution in [1.29, 1.82) is 0 Å². The Balaban J connectivity index is -0.000000266. The molecule has 0 aromatic heterocycles. The zero-order valence-corrected chi connectivity index (χ0v) is 46.3. The lowest BCUT2D eigenvalue weighted by Gasteiger charge is -2.15. The van der Waals surface area contributed by atoms with Crippen molar-refractivity contribution in [3.05, 3.63) is 0 Å². The van der Waals surface area contributed by atoms with E-state index in [1.54, 1.807) is 0 Å². The van der Waals surface area contributed by atoms with Crippen LogP contribution >= 0.6 is 0 Å². The Morgan fingerprint density at radius 2 is 0.685 bits per heavy atom. The second-order valence-corrected chi connectivity index (χ2v) is 17.0. The Kier molecular flexibility index (Phi) is 70.6. The van der Waals surface area contributed by atoms with Crippen molar-refractivity contribution in [3.8, 4) is 0 Å². The van der Waals surface area contributed by atoms with Gasteiger partial charge in [-0.25, -0.2) is 24.0 Å². The van der Waals surface area contributed by atoms with Gasteiger partial charge in [0.2, 0.25) is 0 Å². The van der Waals surface area contributed by atoms with Gasteiger partial charge in [-0.05, 0) is 69.6 Å². The molecule has 5 amide bonds. The van der Waals surface area contributed by atoms with Crippen molar-refractivity contribution in [2.45, 2.75) is 189 Å². The van der Waals surface area contributed by atoms with Crippen LogP contribution in [0.2, 0.25) is 0 Å². The van der Waals surface area contributed by atoms with Crippen LogP contribution in [0.5, 0.6) is 0 Å². The zero-order chi connectivity index (χ0) is 56.0. The first-order valence-electron chi connectivity index (χ1n) is 27.1. The molecule has 4 unspecified atom stereocenters. The van der Waals surface area contributed by atoms with E-state index < -0.39 is 30.5 Å². The van der Waals surface area contributed by atoms with Crippen LogP contribution in [0.3, 0.4) is 0 Å². The van der Waals surface area contributed by atoms with Gasteiger partial charge in [0.15, 0.2) is 0 Å². The fraction of sp³-hybridized carbons (Fsp3) is 0.902. The van der Waals surface area contributed by atoms with Crippen molar-refractivity contribution < 1.29 is 83.4 Å². The molecule has 0 radical (unpaired) electrons. The number of rotatable bonds is 39. The van der Waals surface area contributed by atoms with E-state index in [1.807, 2.05) is 13.8 Å². The number of alkyl carbamates (subject to hydrolysis) is 5. The maximum Gasteiger partial charge on any atom is 0.407 e. The van der Waals surface area contributed by atoms with Gasteiger partial charge in [0.25, 0.3) is 0 Å². The molecule has 0 aliphatic heterocycles. The van der Waals surface area contributed by atoms with Gasteiger partial charge in [-0.3, -0.25) is 0 Å². The maximum atomic E-state index is 11.3. The van der Waals surface area contributed by atoms with E-state index >= 15 is 0 Å². The maximum absolute atomic E-state index is 11.3. The van der Waals surface area contributed by atoms with Crippen molar-refractivity contribution in [3.63, 3.8) is 0 Å². The Hall–Kier alpha value is -3.93. The largest absolute Gasteiger partial charge is 0.450 e. The van der Waals surface area contributed by atoms with Crippen LogP contribution in [-0.4, -0.2) is 177 Å². The lowest BCUT2D eigenvalue weighted by atomic mass is 10.0. The number of ether oxygens (including phenoxy) is 5. The third-order valence-corrected chi connectivity index (χ3v) is 10.2. The third-order valence-electron chi connectivity index (χ3n) is 10.2. The summed E-state index contributed by atoms with van der Waals surface area (Å²) in [5.74, 6) is 0.890. The number of hydrogen-bond donors (Lipinski definition) is 12. The summed E-state index contributed by atoms with van der Waals surface area (Å²) in [7, 11) is 0. The highest BCUT2D eigenvalue weighted by molar-refractivity contribution is 5.68. The van der Waals surface area contributed by atoms with E-state index in [0.29, 0.717) is 64.4 Å². The van der Waals surface area contributed by atoms with Gasteiger partial charge >= 0.3 is 30.5 Å². The Labute approximate surface area is 439 Å². The summed E-state index contributed by atoms with van der Waals surface area (Å²) in [5.41, 5.74) is 0. The summed E-state index contributed by atoms with van der Waals surface area (Å²) >= 11 is 0. The van der Waals surface area contributed by atoms with Gasteiger partial charge in [-0.15, -0.1) is 0 Å². The molecule has 438 valence electrons. The first kappa shape index (κ1) is 78.0. The summed E-state index contributed by atoms with van der Waals surface area (Å²) in [6.07, 6.45) is 15.9. The summed E-state index contributed by atoms with van der Waals surface area (Å²) in [6.45, 7) is 18.0. The number of nitrogens with one attached hydrogen (secondary N) is 5. The number of aliphatic hydroxyl groups is 7.